The summed E-state index contributed by atoms with van der Waals surface area (Å²) in [6.45, 7) is 5.72. The van der Waals surface area contributed by atoms with Gasteiger partial charge in [-0.2, -0.15) is 5.10 Å². The second-order valence-corrected chi connectivity index (χ2v) is 5.96. The minimum absolute atomic E-state index is 0.0856. The van der Waals surface area contributed by atoms with Gasteiger partial charge in [0.25, 0.3) is 0 Å². The van der Waals surface area contributed by atoms with Crippen LogP contribution in [0.5, 0.6) is 0 Å². The van der Waals surface area contributed by atoms with Gasteiger partial charge in [-0.1, -0.05) is 42.5 Å². The predicted octanol–water partition coefficient (Wildman–Crippen LogP) is 3.56. The number of hydrogen-bond acceptors (Lipinski definition) is 3. The molecule has 0 saturated carbocycles. The first-order valence-corrected chi connectivity index (χ1v) is 8.21. The highest BCUT2D eigenvalue weighted by Crippen LogP contribution is 2.16. The van der Waals surface area contributed by atoms with E-state index in [9.17, 15) is 9.59 Å². The number of hydrazone groups is 1. The van der Waals surface area contributed by atoms with E-state index in [1.165, 1.54) is 0 Å². The van der Waals surface area contributed by atoms with Crippen molar-refractivity contribution < 1.29 is 9.59 Å². The van der Waals surface area contributed by atoms with Gasteiger partial charge in [0.2, 0.25) is 11.8 Å². The summed E-state index contributed by atoms with van der Waals surface area (Å²) in [6, 6.07) is 15.4. The molecule has 0 aliphatic heterocycles. The van der Waals surface area contributed by atoms with Crippen molar-refractivity contribution in [1.82, 2.24) is 5.43 Å². The fraction of sp³-hybridized carbons (Fsp3) is 0.250. The number of benzene rings is 2. The molecule has 2 aromatic rings. The molecule has 0 atom stereocenters. The highest BCUT2D eigenvalue weighted by atomic mass is 16.2. The normalized spacial score (nSPS) is 11.1. The quantitative estimate of drug-likeness (QED) is 0.625. The standard InChI is InChI=1S/C20H23N3O2/c1-14-9-10-15(2)18(13-14)21-19(24)11-12-20(25)23-22-16(3)17-7-5-4-6-8-17/h4-10,13H,11-12H2,1-3H3,(H,21,24)(H,23,25). The fourth-order valence-electron chi connectivity index (χ4n) is 2.26. The zero-order valence-electron chi connectivity index (χ0n) is 14.8. The highest BCUT2D eigenvalue weighted by Gasteiger charge is 2.08. The van der Waals surface area contributed by atoms with Crippen molar-refractivity contribution in [3.8, 4) is 0 Å². The number of rotatable bonds is 6. The van der Waals surface area contributed by atoms with Crippen molar-refractivity contribution in [2.24, 2.45) is 5.10 Å². The van der Waals surface area contributed by atoms with Gasteiger partial charge in [0.1, 0.15) is 0 Å². The first kappa shape index (κ1) is 18.4. The molecule has 0 radical (unpaired) electrons. The molecule has 5 heteroatoms. The van der Waals surface area contributed by atoms with E-state index < -0.39 is 0 Å². The molecule has 0 aliphatic carbocycles. The number of carbonyl (C=O) groups excluding carboxylic acids is 2. The molecule has 5 nitrogen and oxygen atoms in total. The van der Waals surface area contributed by atoms with Crippen LogP contribution in [0.4, 0.5) is 5.69 Å². The summed E-state index contributed by atoms with van der Waals surface area (Å²) in [5, 5.41) is 6.91. The number of amides is 2. The minimum Gasteiger partial charge on any atom is -0.326 e. The first-order chi connectivity index (χ1) is 12.0. The fourth-order valence-corrected chi connectivity index (χ4v) is 2.26. The first-order valence-electron chi connectivity index (χ1n) is 8.21. The molecule has 0 aliphatic rings. The van der Waals surface area contributed by atoms with Crippen LogP contribution in [0.3, 0.4) is 0 Å². The number of carbonyl (C=O) groups is 2. The van der Waals surface area contributed by atoms with Crippen LogP contribution in [0.15, 0.2) is 53.6 Å². The van der Waals surface area contributed by atoms with E-state index in [0.717, 1.165) is 22.4 Å². The van der Waals surface area contributed by atoms with E-state index in [0.29, 0.717) is 5.71 Å². The lowest BCUT2D eigenvalue weighted by molar-refractivity contribution is -0.124. The van der Waals surface area contributed by atoms with Gasteiger partial charge in [-0.3, -0.25) is 9.59 Å². The third-order valence-corrected chi connectivity index (χ3v) is 3.79. The molecular weight excluding hydrogens is 314 g/mol. The zero-order chi connectivity index (χ0) is 18.2. The van der Waals surface area contributed by atoms with Gasteiger partial charge in [0, 0.05) is 18.5 Å². The SMILES string of the molecule is CC(=NNC(=O)CCC(=O)Nc1cc(C)ccc1C)c1ccccc1. The summed E-state index contributed by atoms with van der Waals surface area (Å²) in [6.07, 6.45) is 0.196. The summed E-state index contributed by atoms with van der Waals surface area (Å²) < 4.78 is 0. The summed E-state index contributed by atoms with van der Waals surface area (Å²) in [7, 11) is 0. The molecule has 0 fully saturated rings. The molecule has 0 saturated heterocycles. The molecular formula is C20H23N3O2. The molecule has 0 spiro atoms. The topological polar surface area (TPSA) is 70.6 Å². The van der Waals surface area contributed by atoms with E-state index >= 15 is 0 Å². The van der Waals surface area contributed by atoms with Crippen molar-refractivity contribution in [3.63, 3.8) is 0 Å². The third-order valence-electron chi connectivity index (χ3n) is 3.79. The molecule has 2 N–H and O–H groups in total. The van der Waals surface area contributed by atoms with Gasteiger partial charge >= 0.3 is 0 Å². The maximum atomic E-state index is 12.0. The molecule has 2 aromatic carbocycles. The average molecular weight is 337 g/mol. The van der Waals surface area contributed by atoms with Crippen LogP contribution in [-0.4, -0.2) is 17.5 Å². The second-order valence-electron chi connectivity index (χ2n) is 5.96. The maximum Gasteiger partial charge on any atom is 0.240 e. The Morgan fingerprint density at radius 3 is 2.36 bits per heavy atom. The Morgan fingerprint density at radius 1 is 0.960 bits per heavy atom. The summed E-state index contributed by atoms with van der Waals surface area (Å²) >= 11 is 0. The second kappa shape index (κ2) is 8.78. The molecule has 0 heterocycles. The van der Waals surface area contributed by atoms with E-state index in [-0.39, 0.29) is 24.7 Å². The lowest BCUT2D eigenvalue weighted by atomic mass is 10.1. The van der Waals surface area contributed by atoms with Crippen molar-refractivity contribution in [2.45, 2.75) is 33.6 Å². The van der Waals surface area contributed by atoms with Crippen LogP contribution in [0.1, 0.15) is 36.5 Å². The summed E-state index contributed by atoms with van der Waals surface area (Å²) in [4.78, 5) is 23.9. The zero-order valence-corrected chi connectivity index (χ0v) is 14.8. The van der Waals surface area contributed by atoms with E-state index in [1.54, 1.807) is 0 Å². The Kier molecular flexibility index (Phi) is 6.46. The Morgan fingerprint density at radius 2 is 1.64 bits per heavy atom. The Hall–Kier alpha value is -2.95. The molecule has 0 unspecified atom stereocenters. The van der Waals surface area contributed by atoms with Crippen molar-refractivity contribution in [2.75, 3.05) is 5.32 Å². The van der Waals surface area contributed by atoms with E-state index in [2.05, 4.69) is 15.8 Å². The molecule has 2 rings (SSSR count). The van der Waals surface area contributed by atoms with Crippen LogP contribution in [0.25, 0.3) is 0 Å². The highest BCUT2D eigenvalue weighted by molar-refractivity contribution is 5.99. The number of nitrogens with zero attached hydrogens (tertiary/aromatic N) is 1. The van der Waals surface area contributed by atoms with Crippen molar-refractivity contribution in [3.05, 3.63) is 65.2 Å². The Labute approximate surface area is 148 Å². The molecule has 0 bridgehead atoms. The van der Waals surface area contributed by atoms with Gasteiger partial charge in [-0.05, 0) is 43.5 Å². The number of hydrogen-bond donors (Lipinski definition) is 2. The minimum atomic E-state index is -0.286. The third kappa shape index (κ3) is 5.88. The van der Waals surface area contributed by atoms with Gasteiger partial charge in [-0.15, -0.1) is 0 Å². The van der Waals surface area contributed by atoms with Gasteiger partial charge < -0.3 is 5.32 Å². The van der Waals surface area contributed by atoms with Crippen LogP contribution in [0.2, 0.25) is 0 Å². The smallest absolute Gasteiger partial charge is 0.240 e. The molecule has 2 amide bonds. The molecule has 0 aromatic heterocycles. The van der Waals surface area contributed by atoms with E-state index in [1.807, 2.05) is 69.3 Å². The summed E-state index contributed by atoms with van der Waals surface area (Å²) in [5.41, 5.74) is 6.99. The predicted molar refractivity (Wildman–Crippen MR) is 101 cm³/mol. The Balaban J connectivity index is 1.81. The van der Waals surface area contributed by atoms with Gasteiger partial charge in [0.05, 0.1) is 5.71 Å². The van der Waals surface area contributed by atoms with Crippen molar-refractivity contribution in [1.29, 1.82) is 0 Å². The van der Waals surface area contributed by atoms with E-state index in [4.69, 9.17) is 0 Å². The summed E-state index contributed by atoms with van der Waals surface area (Å²) in [5.74, 6) is -0.473. The Bertz CT molecular complexity index is 783. The monoisotopic (exact) mass is 337 g/mol. The molecule has 25 heavy (non-hydrogen) atoms. The van der Waals surface area contributed by atoms with Crippen LogP contribution < -0.4 is 10.7 Å². The van der Waals surface area contributed by atoms with Crippen molar-refractivity contribution >= 4 is 23.2 Å². The maximum absolute atomic E-state index is 12.0. The van der Waals surface area contributed by atoms with Crippen LogP contribution in [-0.2, 0) is 9.59 Å². The van der Waals surface area contributed by atoms with Gasteiger partial charge in [0.15, 0.2) is 0 Å². The number of nitrogens with one attached hydrogen (secondary N) is 2. The van der Waals surface area contributed by atoms with Gasteiger partial charge in [-0.25, -0.2) is 5.43 Å². The lowest BCUT2D eigenvalue weighted by Gasteiger charge is -2.09. The largest absolute Gasteiger partial charge is 0.326 e. The average Bonchev–Trinajstić information content (AvgIpc) is 2.61. The van der Waals surface area contributed by atoms with Crippen LogP contribution >= 0.6 is 0 Å². The molecule has 130 valence electrons. The van der Waals surface area contributed by atoms with Crippen LogP contribution in [0, 0.1) is 13.8 Å². The number of anilines is 1. The number of aryl methyl sites for hydroxylation is 2. The lowest BCUT2D eigenvalue weighted by Crippen LogP contribution is -2.22.